The molecule has 5 heteroatoms. The first-order valence-electron chi connectivity index (χ1n) is 11.6. The molecule has 3 aromatic rings. The van der Waals surface area contributed by atoms with Crippen LogP contribution < -0.4 is 15.8 Å². The molecule has 0 heterocycles. The van der Waals surface area contributed by atoms with Crippen LogP contribution in [0.2, 0.25) is 0 Å². The Labute approximate surface area is 202 Å². The summed E-state index contributed by atoms with van der Waals surface area (Å²) < 4.78 is 5.54. The molecule has 3 rings (SSSR count). The number of esters is 1. The van der Waals surface area contributed by atoms with E-state index >= 15 is 0 Å². The van der Waals surface area contributed by atoms with Gasteiger partial charge in [-0.25, -0.2) is 0 Å². The summed E-state index contributed by atoms with van der Waals surface area (Å²) in [6, 6.07) is 26.7. The van der Waals surface area contributed by atoms with Gasteiger partial charge in [0.1, 0.15) is 12.0 Å². The summed E-state index contributed by atoms with van der Waals surface area (Å²) >= 11 is 0. The maximum absolute atomic E-state index is 12.2. The lowest BCUT2D eigenvalue weighted by molar-refractivity contribution is -0.133. The van der Waals surface area contributed by atoms with Gasteiger partial charge < -0.3 is 20.6 Å². The summed E-state index contributed by atoms with van der Waals surface area (Å²) in [6.45, 7) is 6.12. The molecule has 0 amide bonds. The molecule has 0 saturated carbocycles. The summed E-state index contributed by atoms with van der Waals surface area (Å²) in [5, 5.41) is 3.14. The minimum absolute atomic E-state index is 0.132. The molecule has 0 fully saturated rings. The monoisotopic (exact) mass is 458 g/mol. The van der Waals surface area contributed by atoms with Crippen molar-refractivity contribution in [3.8, 4) is 5.75 Å². The molecule has 1 atom stereocenters. The second kappa shape index (κ2) is 11.2. The molecule has 0 aromatic heterocycles. The highest BCUT2D eigenvalue weighted by Crippen LogP contribution is 2.39. The van der Waals surface area contributed by atoms with Gasteiger partial charge in [0.05, 0.1) is 12.6 Å². The van der Waals surface area contributed by atoms with Crippen LogP contribution in [0.4, 0.5) is 0 Å². The van der Waals surface area contributed by atoms with Crippen LogP contribution in [0, 0.1) is 0 Å². The van der Waals surface area contributed by atoms with Crippen molar-refractivity contribution in [2.24, 2.45) is 5.73 Å². The van der Waals surface area contributed by atoms with Crippen LogP contribution >= 0.6 is 0 Å². The van der Waals surface area contributed by atoms with E-state index in [1.165, 1.54) is 0 Å². The van der Waals surface area contributed by atoms with E-state index in [1.807, 2.05) is 99.6 Å². The zero-order valence-electron chi connectivity index (χ0n) is 20.2. The van der Waals surface area contributed by atoms with Gasteiger partial charge in [-0.05, 0) is 62.4 Å². The second-order valence-corrected chi connectivity index (χ2v) is 9.59. The van der Waals surface area contributed by atoms with Gasteiger partial charge in [-0.15, -0.1) is 0 Å². The summed E-state index contributed by atoms with van der Waals surface area (Å²) in [6.07, 6.45) is 2.10. The zero-order chi connectivity index (χ0) is 24.6. The molecule has 0 aliphatic heterocycles. The quantitative estimate of drug-likeness (QED) is 0.267. The topological polar surface area (TPSA) is 81.4 Å². The number of nitrogens with two attached hydrogens (primary N) is 1. The summed E-state index contributed by atoms with van der Waals surface area (Å²) in [7, 11) is 0. The molecule has 0 aliphatic carbocycles. The van der Waals surface area contributed by atoms with Crippen molar-refractivity contribution in [2.75, 3.05) is 6.54 Å². The lowest BCUT2D eigenvalue weighted by atomic mass is 9.66. The first-order chi connectivity index (χ1) is 16.2. The van der Waals surface area contributed by atoms with Crippen LogP contribution in [0.5, 0.6) is 5.75 Å². The van der Waals surface area contributed by atoms with Crippen LogP contribution in [0.1, 0.15) is 43.9 Å². The van der Waals surface area contributed by atoms with Crippen LogP contribution in [-0.2, 0) is 21.4 Å². The van der Waals surface area contributed by atoms with E-state index in [1.54, 1.807) is 6.07 Å². The van der Waals surface area contributed by atoms with Crippen LogP contribution in [0.3, 0.4) is 0 Å². The molecule has 34 heavy (non-hydrogen) atoms. The van der Waals surface area contributed by atoms with E-state index in [4.69, 9.17) is 10.5 Å². The molecule has 0 bridgehead atoms. The lowest BCUT2D eigenvalue weighted by Gasteiger charge is -2.38. The number of benzene rings is 3. The fourth-order valence-corrected chi connectivity index (χ4v) is 4.21. The molecule has 0 radical (unpaired) electrons. The second-order valence-electron chi connectivity index (χ2n) is 9.59. The van der Waals surface area contributed by atoms with Gasteiger partial charge in [-0.1, -0.05) is 72.8 Å². The number of carbonyl (C=O) groups is 2. The van der Waals surface area contributed by atoms with Crippen molar-refractivity contribution in [2.45, 2.75) is 50.6 Å². The van der Waals surface area contributed by atoms with Gasteiger partial charge in [0, 0.05) is 11.0 Å². The molecule has 5 nitrogen and oxygen atoms in total. The molecule has 3 aromatic carbocycles. The predicted octanol–water partition coefficient (Wildman–Crippen LogP) is 4.43. The molecule has 3 N–H and O–H groups in total. The van der Waals surface area contributed by atoms with E-state index in [9.17, 15) is 9.59 Å². The van der Waals surface area contributed by atoms with Gasteiger partial charge in [0.15, 0.2) is 0 Å². The number of carbonyl (C=O) groups excluding carboxylic acids is 2. The number of aldehydes is 1. The van der Waals surface area contributed by atoms with Crippen molar-refractivity contribution >= 4 is 12.3 Å². The Kier molecular flexibility index (Phi) is 8.37. The normalized spacial score (nSPS) is 12.7. The molecule has 0 spiro atoms. The van der Waals surface area contributed by atoms with E-state index in [2.05, 4.69) is 5.32 Å². The Balaban J connectivity index is 1.86. The van der Waals surface area contributed by atoms with E-state index in [-0.39, 0.29) is 18.1 Å². The number of hydrogen-bond donors (Lipinski definition) is 2. The number of rotatable bonds is 10. The molecular weight excluding hydrogens is 424 g/mol. The Morgan fingerprint density at radius 2 is 1.53 bits per heavy atom. The van der Waals surface area contributed by atoms with Crippen molar-refractivity contribution in [3.63, 3.8) is 0 Å². The molecule has 178 valence electrons. The van der Waals surface area contributed by atoms with Crippen molar-refractivity contribution < 1.29 is 14.3 Å². The summed E-state index contributed by atoms with van der Waals surface area (Å²) in [5.74, 6) is 0.167. The molecular formula is C29H34N2O3. The average Bonchev–Trinajstić information content (AvgIpc) is 2.84. The smallest absolute Gasteiger partial charge is 0.325 e. The average molecular weight is 459 g/mol. The predicted molar refractivity (Wildman–Crippen MR) is 136 cm³/mol. The zero-order valence-corrected chi connectivity index (χ0v) is 20.2. The van der Waals surface area contributed by atoms with Gasteiger partial charge >= 0.3 is 5.97 Å². The van der Waals surface area contributed by atoms with E-state index in [0.717, 1.165) is 23.0 Å². The third kappa shape index (κ3) is 6.40. The number of aryl methyl sites for hydroxylation is 1. The Morgan fingerprint density at radius 3 is 2.06 bits per heavy atom. The van der Waals surface area contributed by atoms with Crippen molar-refractivity contribution in [1.29, 1.82) is 0 Å². The maximum atomic E-state index is 12.2. The number of hydrogen-bond acceptors (Lipinski definition) is 5. The Morgan fingerprint density at radius 1 is 0.941 bits per heavy atom. The molecule has 0 saturated heterocycles. The minimum atomic E-state index is -0.721. The standard InChI is InChI=1S/C29H34N2O3/c1-28(2,3)31-20-27(33)34-25-16-10-11-22(19-25)17-18-29(26(30)21-32,23-12-6-4-7-13-23)24-14-8-5-9-15-24/h4-16,19,21,26,31H,17-18,20,30H2,1-3H3. The van der Waals surface area contributed by atoms with Crippen LogP contribution in [-0.4, -0.2) is 30.4 Å². The first kappa shape index (κ1) is 25.3. The van der Waals surface area contributed by atoms with Crippen molar-refractivity contribution in [3.05, 3.63) is 102 Å². The van der Waals surface area contributed by atoms with Crippen LogP contribution in [0.25, 0.3) is 0 Å². The number of ether oxygens (including phenoxy) is 1. The van der Waals surface area contributed by atoms with Crippen LogP contribution in [0.15, 0.2) is 84.9 Å². The number of nitrogens with one attached hydrogen (secondary N) is 1. The van der Waals surface area contributed by atoms with Gasteiger partial charge in [-0.3, -0.25) is 4.79 Å². The highest BCUT2D eigenvalue weighted by atomic mass is 16.5. The van der Waals surface area contributed by atoms with E-state index < -0.39 is 11.5 Å². The SMILES string of the molecule is CC(C)(C)NCC(=O)Oc1cccc(CCC(c2ccccc2)(c2ccccc2)C(N)C=O)c1. The van der Waals surface area contributed by atoms with Gasteiger partial charge in [0.2, 0.25) is 0 Å². The highest BCUT2D eigenvalue weighted by Gasteiger charge is 2.39. The highest BCUT2D eigenvalue weighted by molar-refractivity contribution is 5.74. The van der Waals surface area contributed by atoms with Crippen molar-refractivity contribution in [1.82, 2.24) is 5.32 Å². The largest absolute Gasteiger partial charge is 0.426 e. The molecule has 0 aliphatic rings. The fourth-order valence-electron chi connectivity index (χ4n) is 4.21. The third-order valence-corrected chi connectivity index (χ3v) is 5.99. The summed E-state index contributed by atoms with van der Waals surface area (Å²) in [5.41, 5.74) is 8.64. The van der Waals surface area contributed by atoms with Gasteiger partial charge in [-0.2, -0.15) is 0 Å². The first-order valence-corrected chi connectivity index (χ1v) is 11.6. The third-order valence-electron chi connectivity index (χ3n) is 5.99. The fraction of sp³-hybridized carbons (Fsp3) is 0.310. The Bertz CT molecular complexity index is 1040. The summed E-state index contributed by atoms with van der Waals surface area (Å²) in [4.78, 5) is 24.3. The Hall–Kier alpha value is -3.28. The minimum Gasteiger partial charge on any atom is -0.426 e. The lowest BCUT2D eigenvalue weighted by Crippen LogP contribution is -2.48. The van der Waals surface area contributed by atoms with E-state index in [0.29, 0.717) is 18.6 Å². The molecule has 1 unspecified atom stereocenters. The van der Waals surface area contributed by atoms with Gasteiger partial charge in [0.25, 0.3) is 0 Å². The maximum Gasteiger partial charge on any atom is 0.325 e.